The first-order chi connectivity index (χ1) is 12.2. The van der Waals surface area contributed by atoms with Crippen LogP contribution in [0.1, 0.15) is 40.5 Å². The number of carbonyl (C=O) groups is 1. The summed E-state index contributed by atoms with van der Waals surface area (Å²) in [5.41, 5.74) is 0.598. The van der Waals surface area contributed by atoms with Crippen molar-refractivity contribution in [3.63, 3.8) is 0 Å². The highest BCUT2D eigenvalue weighted by atomic mass is 16.5. The molecule has 7 nitrogen and oxygen atoms in total. The van der Waals surface area contributed by atoms with Crippen molar-refractivity contribution in [2.75, 3.05) is 13.7 Å². The van der Waals surface area contributed by atoms with Crippen LogP contribution in [0.15, 0.2) is 29.2 Å². The number of aromatic nitrogens is 2. The molecule has 1 fully saturated rings. The molecule has 1 aromatic carbocycles. The summed E-state index contributed by atoms with van der Waals surface area (Å²) < 4.78 is 11.0. The Balaban J connectivity index is 1.47. The van der Waals surface area contributed by atoms with Crippen molar-refractivity contribution in [2.45, 2.75) is 31.2 Å². The highest BCUT2D eigenvalue weighted by Gasteiger charge is 2.28. The lowest BCUT2D eigenvalue weighted by atomic mass is 10.0. The molecule has 2 N–H and O–H groups in total. The van der Waals surface area contributed by atoms with Gasteiger partial charge in [0.2, 0.25) is 0 Å². The van der Waals surface area contributed by atoms with E-state index >= 15 is 0 Å². The Morgan fingerprint density at radius 2 is 2.24 bits per heavy atom. The van der Waals surface area contributed by atoms with Gasteiger partial charge in [-0.25, -0.2) is 4.98 Å². The standard InChI is InChI=1S/C18H19N3O4/c1-24-14-4-2-3-11-7-12(9-25-15(11)14)20-17(22)13-8-19-16(10-5-6-10)21-18(13)23/h2-4,8,10,12H,5-7,9H2,1H3,(H,20,22)(H,19,21,23). The van der Waals surface area contributed by atoms with E-state index in [1.54, 1.807) is 7.11 Å². The number of amides is 1. The van der Waals surface area contributed by atoms with E-state index in [2.05, 4.69) is 15.3 Å². The molecule has 130 valence electrons. The van der Waals surface area contributed by atoms with Crippen LogP contribution in [0.5, 0.6) is 11.5 Å². The predicted octanol–water partition coefficient (Wildman–Crippen LogP) is 1.39. The minimum absolute atomic E-state index is 0.0286. The molecule has 1 aliphatic carbocycles. The third kappa shape index (κ3) is 3.09. The number of aromatic amines is 1. The number of nitrogens with zero attached hydrogens (tertiary/aromatic N) is 1. The molecule has 1 saturated carbocycles. The van der Waals surface area contributed by atoms with E-state index in [4.69, 9.17) is 9.47 Å². The molecule has 7 heteroatoms. The smallest absolute Gasteiger partial charge is 0.263 e. The molecule has 1 aromatic heterocycles. The Bertz CT molecular complexity index is 873. The van der Waals surface area contributed by atoms with Crippen molar-refractivity contribution >= 4 is 5.91 Å². The second-order valence-corrected chi connectivity index (χ2v) is 6.42. The number of fused-ring (bicyclic) bond motifs is 1. The van der Waals surface area contributed by atoms with Gasteiger partial charge < -0.3 is 19.8 Å². The van der Waals surface area contributed by atoms with Crippen LogP contribution in [0.2, 0.25) is 0 Å². The van der Waals surface area contributed by atoms with Gasteiger partial charge in [0.25, 0.3) is 11.5 Å². The van der Waals surface area contributed by atoms with Gasteiger partial charge in [-0.3, -0.25) is 9.59 Å². The van der Waals surface area contributed by atoms with Crippen LogP contribution in [0.4, 0.5) is 0 Å². The zero-order valence-corrected chi connectivity index (χ0v) is 13.9. The van der Waals surface area contributed by atoms with Crippen molar-refractivity contribution in [3.8, 4) is 11.5 Å². The quantitative estimate of drug-likeness (QED) is 0.876. The molecule has 1 atom stereocenters. The van der Waals surface area contributed by atoms with Gasteiger partial charge in [0.05, 0.1) is 13.2 Å². The minimum Gasteiger partial charge on any atom is -0.493 e. The number of H-pyrrole nitrogens is 1. The highest BCUT2D eigenvalue weighted by molar-refractivity contribution is 5.93. The number of hydrogen-bond acceptors (Lipinski definition) is 5. The number of carbonyl (C=O) groups excluding carboxylic acids is 1. The van der Waals surface area contributed by atoms with E-state index in [-0.39, 0.29) is 11.6 Å². The lowest BCUT2D eigenvalue weighted by Crippen LogP contribution is -2.44. The molecule has 0 radical (unpaired) electrons. The fourth-order valence-electron chi connectivity index (χ4n) is 3.05. The number of methoxy groups -OCH3 is 1. The second kappa shape index (κ2) is 6.23. The molecule has 2 heterocycles. The van der Waals surface area contributed by atoms with Gasteiger partial charge in [-0.2, -0.15) is 0 Å². The maximum absolute atomic E-state index is 12.4. The minimum atomic E-state index is -0.434. The number of para-hydroxylation sites is 1. The summed E-state index contributed by atoms with van der Waals surface area (Å²) in [6, 6.07) is 5.45. The summed E-state index contributed by atoms with van der Waals surface area (Å²) in [5.74, 6) is 1.96. The lowest BCUT2D eigenvalue weighted by Gasteiger charge is -2.27. The first-order valence-corrected chi connectivity index (χ1v) is 8.34. The highest BCUT2D eigenvalue weighted by Crippen LogP contribution is 2.37. The van der Waals surface area contributed by atoms with Crippen LogP contribution >= 0.6 is 0 Å². The van der Waals surface area contributed by atoms with Crippen LogP contribution in [0, 0.1) is 0 Å². The molecule has 1 unspecified atom stereocenters. The van der Waals surface area contributed by atoms with Gasteiger partial charge in [0, 0.05) is 17.7 Å². The molecule has 25 heavy (non-hydrogen) atoms. The Morgan fingerprint density at radius 1 is 1.40 bits per heavy atom. The zero-order chi connectivity index (χ0) is 17.4. The molecule has 0 bridgehead atoms. The summed E-state index contributed by atoms with van der Waals surface area (Å²) >= 11 is 0. The average Bonchev–Trinajstić information content (AvgIpc) is 3.46. The number of rotatable bonds is 4. The number of benzene rings is 1. The van der Waals surface area contributed by atoms with E-state index in [0.717, 1.165) is 18.4 Å². The van der Waals surface area contributed by atoms with Gasteiger partial charge in [0.15, 0.2) is 11.5 Å². The maximum atomic E-state index is 12.4. The van der Waals surface area contributed by atoms with Crippen LogP contribution in [0.25, 0.3) is 0 Å². The summed E-state index contributed by atoms with van der Waals surface area (Å²) in [6.07, 6.45) is 4.06. The van der Waals surface area contributed by atoms with E-state index in [1.807, 2.05) is 18.2 Å². The van der Waals surface area contributed by atoms with Crippen molar-refractivity contribution in [1.82, 2.24) is 15.3 Å². The molecule has 1 amide bonds. The van der Waals surface area contributed by atoms with Crippen LogP contribution < -0.4 is 20.3 Å². The Labute approximate surface area is 144 Å². The van der Waals surface area contributed by atoms with Crippen molar-refractivity contribution in [1.29, 1.82) is 0 Å². The van der Waals surface area contributed by atoms with Crippen LogP contribution in [-0.2, 0) is 6.42 Å². The molecule has 2 aromatic rings. The maximum Gasteiger partial charge on any atom is 0.263 e. The molecule has 2 aliphatic rings. The number of nitrogens with one attached hydrogen (secondary N) is 2. The Hall–Kier alpha value is -2.83. The van der Waals surface area contributed by atoms with Gasteiger partial charge in [-0.1, -0.05) is 12.1 Å². The molecule has 0 spiro atoms. The van der Waals surface area contributed by atoms with Gasteiger partial charge in [-0.05, 0) is 25.3 Å². The van der Waals surface area contributed by atoms with Crippen molar-refractivity contribution in [3.05, 3.63) is 51.7 Å². The summed E-state index contributed by atoms with van der Waals surface area (Å²) in [6.45, 7) is 0.324. The third-order valence-corrected chi connectivity index (χ3v) is 4.54. The number of ether oxygens (including phenoxy) is 2. The van der Waals surface area contributed by atoms with Gasteiger partial charge >= 0.3 is 0 Å². The molecule has 4 rings (SSSR count). The summed E-state index contributed by atoms with van der Waals surface area (Å²) in [7, 11) is 1.59. The van der Waals surface area contributed by atoms with Crippen molar-refractivity contribution < 1.29 is 14.3 Å². The molecule has 0 saturated heterocycles. The van der Waals surface area contributed by atoms with E-state index < -0.39 is 11.5 Å². The fourth-order valence-corrected chi connectivity index (χ4v) is 3.05. The summed E-state index contributed by atoms with van der Waals surface area (Å²) in [5, 5.41) is 2.85. The Kier molecular flexibility index (Phi) is 3.91. The Morgan fingerprint density at radius 3 is 2.96 bits per heavy atom. The van der Waals surface area contributed by atoms with Crippen molar-refractivity contribution in [2.24, 2.45) is 0 Å². The van der Waals surface area contributed by atoms with Gasteiger partial charge in [0.1, 0.15) is 18.0 Å². The predicted molar refractivity (Wildman–Crippen MR) is 90.3 cm³/mol. The normalized spacial score (nSPS) is 18.8. The second-order valence-electron chi connectivity index (χ2n) is 6.42. The average molecular weight is 341 g/mol. The molecular formula is C18H19N3O4. The lowest BCUT2D eigenvalue weighted by molar-refractivity contribution is 0.0912. The van der Waals surface area contributed by atoms with Crippen LogP contribution in [-0.4, -0.2) is 35.6 Å². The summed E-state index contributed by atoms with van der Waals surface area (Å²) in [4.78, 5) is 31.5. The van der Waals surface area contributed by atoms with E-state index in [0.29, 0.717) is 36.3 Å². The first-order valence-electron chi connectivity index (χ1n) is 8.34. The van der Waals surface area contributed by atoms with E-state index in [1.165, 1.54) is 6.20 Å². The van der Waals surface area contributed by atoms with E-state index in [9.17, 15) is 9.59 Å². The third-order valence-electron chi connectivity index (χ3n) is 4.54. The zero-order valence-electron chi connectivity index (χ0n) is 13.9. The van der Waals surface area contributed by atoms with Gasteiger partial charge in [-0.15, -0.1) is 0 Å². The molecule has 1 aliphatic heterocycles. The number of hydrogen-bond donors (Lipinski definition) is 2. The van der Waals surface area contributed by atoms with Crippen LogP contribution in [0.3, 0.4) is 0 Å². The fraction of sp³-hybridized carbons (Fsp3) is 0.389. The molecular weight excluding hydrogens is 322 g/mol. The topological polar surface area (TPSA) is 93.3 Å². The monoisotopic (exact) mass is 341 g/mol. The largest absolute Gasteiger partial charge is 0.493 e. The first kappa shape index (κ1) is 15.7. The SMILES string of the molecule is COc1cccc2c1OCC(NC(=O)c1cnc(C3CC3)[nH]c1=O)C2.